The molecule has 0 fully saturated rings. The Hall–Kier alpha value is -1.000. The van der Waals surface area contributed by atoms with Crippen molar-refractivity contribution in [1.29, 1.82) is 0 Å². The summed E-state index contributed by atoms with van der Waals surface area (Å²) in [4.78, 5) is 14.1. The predicted octanol–water partition coefficient (Wildman–Crippen LogP) is 2.20. The lowest BCUT2D eigenvalue weighted by Crippen LogP contribution is -2.23. The summed E-state index contributed by atoms with van der Waals surface area (Å²) < 4.78 is 0. The second-order valence-corrected chi connectivity index (χ2v) is 3.41. The molecule has 2 N–H and O–H groups in total. The van der Waals surface area contributed by atoms with Crippen LogP contribution in [0.5, 0.6) is 0 Å². The Kier molecular flexibility index (Phi) is 3.98. The van der Waals surface area contributed by atoms with Crippen LogP contribution in [-0.2, 0) is 6.42 Å². The summed E-state index contributed by atoms with van der Waals surface area (Å²) in [6.45, 7) is 0.281. The highest BCUT2D eigenvalue weighted by molar-refractivity contribution is 6.34. The molecule has 0 atom stereocenters. The molecule has 1 aromatic rings. The number of amides is 1. The highest BCUT2D eigenvalue weighted by Gasteiger charge is 2.03. The average molecular weight is 235 g/mol. The molecule has 6 heteroatoms. The normalized spacial score (nSPS) is 9.86. The number of hydrogen-bond donors (Lipinski definition) is 2. The van der Waals surface area contributed by atoms with Crippen LogP contribution >= 0.6 is 23.2 Å². The van der Waals surface area contributed by atoms with Crippen molar-refractivity contribution in [2.75, 3.05) is 6.54 Å². The van der Waals surface area contributed by atoms with Crippen molar-refractivity contribution >= 4 is 29.3 Å². The molecular formula is C8H8Cl2N2O2. The third-order valence-corrected chi connectivity index (χ3v) is 2.06. The summed E-state index contributed by atoms with van der Waals surface area (Å²) in [7, 11) is 0. The van der Waals surface area contributed by atoms with Crippen molar-refractivity contribution in [2.45, 2.75) is 6.42 Å². The highest BCUT2D eigenvalue weighted by atomic mass is 35.5. The fraction of sp³-hybridized carbons (Fsp3) is 0.250. The van der Waals surface area contributed by atoms with E-state index in [2.05, 4.69) is 10.3 Å². The van der Waals surface area contributed by atoms with Gasteiger partial charge in [0, 0.05) is 19.2 Å². The van der Waals surface area contributed by atoms with Crippen molar-refractivity contribution in [3.8, 4) is 0 Å². The predicted molar refractivity (Wildman–Crippen MR) is 54.0 cm³/mol. The second kappa shape index (κ2) is 5.02. The Balaban J connectivity index is 2.55. The first-order valence-electron chi connectivity index (χ1n) is 3.86. The molecule has 0 saturated carbocycles. The van der Waals surface area contributed by atoms with Gasteiger partial charge < -0.3 is 10.4 Å². The first-order valence-corrected chi connectivity index (χ1v) is 4.62. The van der Waals surface area contributed by atoms with Crippen LogP contribution in [0.3, 0.4) is 0 Å². The van der Waals surface area contributed by atoms with Gasteiger partial charge in [-0.3, -0.25) is 4.98 Å². The van der Waals surface area contributed by atoms with E-state index in [0.717, 1.165) is 0 Å². The molecule has 0 radical (unpaired) electrons. The number of rotatable bonds is 3. The number of hydrogen-bond acceptors (Lipinski definition) is 2. The molecule has 0 spiro atoms. The zero-order valence-corrected chi connectivity index (χ0v) is 8.64. The molecule has 4 nitrogen and oxygen atoms in total. The number of pyridine rings is 1. The number of carboxylic acid groups (broad SMARTS) is 1. The lowest BCUT2D eigenvalue weighted by Gasteiger charge is -2.03. The van der Waals surface area contributed by atoms with Gasteiger partial charge in [0.15, 0.2) is 0 Å². The molecule has 0 saturated heterocycles. The maximum absolute atomic E-state index is 10.1. The van der Waals surface area contributed by atoms with Crippen molar-refractivity contribution in [1.82, 2.24) is 10.3 Å². The zero-order valence-electron chi connectivity index (χ0n) is 7.13. The van der Waals surface area contributed by atoms with Crippen LogP contribution in [-0.4, -0.2) is 22.7 Å². The van der Waals surface area contributed by atoms with Crippen LogP contribution in [0, 0.1) is 0 Å². The number of nitrogens with zero attached hydrogens (tertiary/aromatic N) is 1. The molecule has 0 aliphatic heterocycles. The van der Waals surface area contributed by atoms with E-state index in [1.54, 1.807) is 6.07 Å². The minimum absolute atomic E-state index is 0.281. The van der Waals surface area contributed by atoms with E-state index in [4.69, 9.17) is 28.3 Å². The van der Waals surface area contributed by atoms with Crippen LogP contribution in [0.25, 0.3) is 0 Å². The van der Waals surface area contributed by atoms with Gasteiger partial charge in [-0.05, 0) is 6.07 Å². The van der Waals surface area contributed by atoms with Crippen molar-refractivity contribution in [2.24, 2.45) is 0 Å². The molecule has 1 amide bonds. The lowest BCUT2D eigenvalue weighted by atomic mass is 10.3. The summed E-state index contributed by atoms with van der Waals surface area (Å²) >= 11 is 11.5. The van der Waals surface area contributed by atoms with E-state index >= 15 is 0 Å². The van der Waals surface area contributed by atoms with E-state index in [9.17, 15) is 4.79 Å². The maximum Gasteiger partial charge on any atom is 0.404 e. The van der Waals surface area contributed by atoms with Crippen LogP contribution in [0.1, 0.15) is 5.69 Å². The quantitative estimate of drug-likeness (QED) is 0.844. The van der Waals surface area contributed by atoms with Crippen molar-refractivity contribution in [3.05, 3.63) is 28.0 Å². The maximum atomic E-state index is 10.1. The highest BCUT2D eigenvalue weighted by Crippen LogP contribution is 2.18. The Morgan fingerprint density at radius 1 is 1.57 bits per heavy atom. The van der Waals surface area contributed by atoms with Crippen LogP contribution in [0.4, 0.5) is 4.79 Å². The summed E-state index contributed by atoms with van der Waals surface area (Å²) in [5.74, 6) is 0. The Bertz CT molecular complexity index is 344. The summed E-state index contributed by atoms with van der Waals surface area (Å²) in [5.41, 5.74) is 0.629. The lowest BCUT2D eigenvalue weighted by molar-refractivity contribution is 0.194. The van der Waals surface area contributed by atoms with Crippen LogP contribution in [0.2, 0.25) is 10.0 Å². The Morgan fingerprint density at radius 2 is 2.29 bits per heavy atom. The summed E-state index contributed by atoms with van der Waals surface area (Å²) in [6.07, 6.45) is 0.862. The third-order valence-electron chi connectivity index (χ3n) is 1.52. The SMILES string of the molecule is O=C(O)NCCc1ncc(Cl)cc1Cl. The van der Waals surface area contributed by atoms with Gasteiger partial charge in [0.1, 0.15) is 0 Å². The molecule has 0 bridgehead atoms. The fourth-order valence-corrected chi connectivity index (χ4v) is 1.39. The minimum atomic E-state index is -1.06. The zero-order chi connectivity index (χ0) is 10.6. The number of nitrogens with one attached hydrogen (secondary N) is 1. The molecule has 1 aromatic heterocycles. The molecule has 0 aliphatic carbocycles. The molecule has 0 aliphatic rings. The number of aromatic nitrogens is 1. The standard InChI is InChI=1S/C8H8Cl2N2O2/c9-5-3-6(10)7(12-4-5)1-2-11-8(13)14/h3-4,11H,1-2H2,(H,13,14). The minimum Gasteiger partial charge on any atom is -0.465 e. The van der Waals surface area contributed by atoms with Gasteiger partial charge in [-0.15, -0.1) is 0 Å². The van der Waals surface area contributed by atoms with Gasteiger partial charge in [-0.1, -0.05) is 23.2 Å². The largest absolute Gasteiger partial charge is 0.465 e. The second-order valence-electron chi connectivity index (χ2n) is 2.56. The average Bonchev–Trinajstić information content (AvgIpc) is 2.08. The first-order chi connectivity index (χ1) is 6.59. The van der Waals surface area contributed by atoms with Crippen molar-refractivity contribution < 1.29 is 9.90 Å². The number of halogens is 2. The molecule has 0 unspecified atom stereocenters. The van der Waals surface area contributed by atoms with Crippen LogP contribution < -0.4 is 5.32 Å². The van der Waals surface area contributed by atoms with Gasteiger partial charge in [-0.2, -0.15) is 0 Å². The Morgan fingerprint density at radius 3 is 2.86 bits per heavy atom. The smallest absolute Gasteiger partial charge is 0.404 e. The first kappa shape index (κ1) is 11.1. The topological polar surface area (TPSA) is 62.2 Å². The van der Waals surface area contributed by atoms with E-state index in [0.29, 0.717) is 22.2 Å². The molecule has 1 rings (SSSR count). The summed E-state index contributed by atoms with van der Waals surface area (Å²) in [6, 6.07) is 1.58. The summed E-state index contributed by atoms with van der Waals surface area (Å²) in [5, 5.41) is 11.5. The van der Waals surface area contributed by atoms with Gasteiger partial charge >= 0.3 is 6.09 Å². The van der Waals surface area contributed by atoms with Gasteiger partial charge in [0.25, 0.3) is 0 Å². The molecule has 14 heavy (non-hydrogen) atoms. The van der Waals surface area contributed by atoms with Crippen LogP contribution in [0.15, 0.2) is 12.3 Å². The van der Waals surface area contributed by atoms with Gasteiger partial charge in [-0.25, -0.2) is 4.79 Å². The molecular weight excluding hydrogens is 227 g/mol. The molecule has 1 heterocycles. The molecule has 76 valence electrons. The van der Waals surface area contributed by atoms with Crippen molar-refractivity contribution in [3.63, 3.8) is 0 Å². The fourth-order valence-electron chi connectivity index (χ4n) is 0.915. The van der Waals surface area contributed by atoms with E-state index in [-0.39, 0.29) is 6.54 Å². The van der Waals surface area contributed by atoms with E-state index < -0.39 is 6.09 Å². The molecule has 0 aromatic carbocycles. The number of carbonyl (C=O) groups is 1. The van der Waals surface area contributed by atoms with Gasteiger partial charge in [0.05, 0.1) is 15.7 Å². The Labute approximate surface area is 90.9 Å². The monoisotopic (exact) mass is 234 g/mol. The van der Waals surface area contributed by atoms with E-state index in [1.807, 2.05) is 0 Å². The third kappa shape index (κ3) is 3.40. The van der Waals surface area contributed by atoms with Gasteiger partial charge in [0.2, 0.25) is 0 Å². The van der Waals surface area contributed by atoms with E-state index in [1.165, 1.54) is 6.20 Å².